The number of ether oxygens (including phenoxy) is 1. The standard InChI is InChI=1S/C19H28N2O3/c1-19(2,3)24-18(23)21-16(14-10-6-4-7-11-14)17(22)20-15-12-8-5-9-13-15/h5,8-9,12-14,16H,4,6-7,10-11H2,1-3H3,(H,20,22)(H,21,23)/t16-/m1/s1. The monoisotopic (exact) mass is 332 g/mol. The maximum atomic E-state index is 12.7. The van der Waals surface area contributed by atoms with Gasteiger partial charge in [-0.25, -0.2) is 4.79 Å². The van der Waals surface area contributed by atoms with Crippen molar-refractivity contribution in [2.24, 2.45) is 5.92 Å². The smallest absolute Gasteiger partial charge is 0.408 e. The Labute approximate surface area is 144 Å². The van der Waals surface area contributed by atoms with Crippen LogP contribution in [0.25, 0.3) is 0 Å². The van der Waals surface area contributed by atoms with E-state index < -0.39 is 17.7 Å². The van der Waals surface area contributed by atoms with Crippen LogP contribution in [0.5, 0.6) is 0 Å². The molecule has 0 saturated heterocycles. The zero-order valence-corrected chi connectivity index (χ0v) is 14.8. The fourth-order valence-corrected chi connectivity index (χ4v) is 3.04. The van der Waals surface area contributed by atoms with Gasteiger partial charge in [-0.3, -0.25) is 4.79 Å². The van der Waals surface area contributed by atoms with E-state index in [9.17, 15) is 9.59 Å². The predicted molar refractivity (Wildman–Crippen MR) is 94.8 cm³/mol. The summed E-state index contributed by atoms with van der Waals surface area (Å²) in [5.41, 5.74) is 0.145. The average molecular weight is 332 g/mol. The normalized spacial score (nSPS) is 17.0. The SMILES string of the molecule is CC(C)(C)OC(=O)N[C@@H](C(=O)Nc1ccccc1)C1CCCCC1. The van der Waals surface area contributed by atoms with Crippen molar-refractivity contribution in [3.8, 4) is 0 Å². The maximum absolute atomic E-state index is 12.7. The molecule has 5 nitrogen and oxygen atoms in total. The van der Waals surface area contributed by atoms with Crippen molar-refractivity contribution in [1.82, 2.24) is 5.32 Å². The first kappa shape index (κ1) is 18.3. The number of carbonyl (C=O) groups excluding carboxylic acids is 2. The molecule has 1 saturated carbocycles. The highest BCUT2D eigenvalue weighted by Crippen LogP contribution is 2.27. The minimum atomic E-state index is -0.586. The Hall–Kier alpha value is -2.04. The van der Waals surface area contributed by atoms with Gasteiger partial charge in [0.05, 0.1) is 0 Å². The third-order valence-electron chi connectivity index (χ3n) is 4.12. The van der Waals surface area contributed by atoms with Crippen LogP contribution in [0.2, 0.25) is 0 Å². The van der Waals surface area contributed by atoms with Crippen LogP contribution in [-0.4, -0.2) is 23.6 Å². The molecule has 0 unspecified atom stereocenters. The number of nitrogens with one attached hydrogen (secondary N) is 2. The molecule has 1 aromatic rings. The van der Waals surface area contributed by atoms with E-state index in [1.54, 1.807) is 0 Å². The molecule has 0 aromatic heterocycles. The second kappa shape index (κ2) is 8.18. The van der Waals surface area contributed by atoms with Crippen LogP contribution in [0, 0.1) is 5.92 Å². The number of hydrogen-bond donors (Lipinski definition) is 2. The Morgan fingerprint density at radius 3 is 2.29 bits per heavy atom. The Balaban J connectivity index is 2.06. The van der Waals surface area contributed by atoms with Crippen molar-refractivity contribution in [3.05, 3.63) is 30.3 Å². The highest BCUT2D eigenvalue weighted by molar-refractivity contribution is 5.96. The topological polar surface area (TPSA) is 67.4 Å². The van der Waals surface area contributed by atoms with Crippen LogP contribution in [-0.2, 0) is 9.53 Å². The first-order valence-corrected chi connectivity index (χ1v) is 8.70. The van der Waals surface area contributed by atoms with E-state index in [-0.39, 0.29) is 11.8 Å². The molecule has 1 aromatic carbocycles. The van der Waals surface area contributed by atoms with E-state index >= 15 is 0 Å². The molecule has 132 valence electrons. The van der Waals surface area contributed by atoms with Gasteiger partial charge < -0.3 is 15.4 Å². The van der Waals surface area contributed by atoms with Crippen molar-refractivity contribution < 1.29 is 14.3 Å². The van der Waals surface area contributed by atoms with Crippen LogP contribution in [0.4, 0.5) is 10.5 Å². The lowest BCUT2D eigenvalue weighted by molar-refractivity contribution is -0.119. The van der Waals surface area contributed by atoms with Gasteiger partial charge in [0.1, 0.15) is 11.6 Å². The Morgan fingerprint density at radius 2 is 1.71 bits per heavy atom. The summed E-state index contributed by atoms with van der Waals surface area (Å²) >= 11 is 0. The average Bonchev–Trinajstić information content (AvgIpc) is 2.52. The fourth-order valence-electron chi connectivity index (χ4n) is 3.04. The second-order valence-corrected chi connectivity index (χ2v) is 7.38. The van der Waals surface area contributed by atoms with E-state index in [0.29, 0.717) is 0 Å². The van der Waals surface area contributed by atoms with Gasteiger partial charge in [0.25, 0.3) is 0 Å². The molecule has 0 radical (unpaired) electrons. The van der Waals surface area contributed by atoms with Gasteiger partial charge in [-0.1, -0.05) is 37.5 Å². The quantitative estimate of drug-likeness (QED) is 0.872. The van der Waals surface area contributed by atoms with Gasteiger partial charge in [-0.05, 0) is 51.7 Å². The van der Waals surface area contributed by atoms with Gasteiger partial charge in [0.15, 0.2) is 0 Å². The lowest BCUT2D eigenvalue weighted by Gasteiger charge is -2.31. The molecule has 0 aliphatic heterocycles. The van der Waals surface area contributed by atoms with Crippen molar-refractivity contribution in [2.45, 2.75) is 64.5 Å². The molecule has 1 aliphatic rings. The summed E-state index contributed by atoms with van der Waals surface area (Å²) in [5, 5.41) is 5.69. The number of carbonyl (C=O) groups is 2. The van der Waals surface area contributed by atoms with Crippen LogP contribution in [0.1, 0.15) is 52.9 Å². The van der Waals surface area contributed by atoms with Gasteiger partial charge in [0.2, 0.25) is 5.91 Å². The summed E-state index contributed by atoms with van der Waals surface area (Å²) in [4.78, 5) is 24.9. The summed E-state index contributed by atoms with van der Waals surface area (Å²) in [6.45, 7) is 5.44. The van der Waals surface area contributed by atoms with Crippen molar-refractivity contribution in [3.63, 3.8) is 0 Å². The molecule has 2 amide bonds. The van der Waals surface area contributed by atoms with Gasteiger partial charge in [-0.2, -0.15) is 0 Å². The maximum Gasteiger partial charge on any atom is 0.408 e. The molecule has 1 atom stereocenters. The number of alkyl carbamates (subject to hydrolysis) is 1. The van der Waals surface area contributed by atoms with E-state index in [2.05, 4.69) is 10.6 Å². The number of amides is 2. The lowest BCUT2D eigenvalue weighted by Crippen LogP contribution is -2.50. The molecule has 0 heterocycles. The largest absolute Gasteiger partial charge is 0.444 e. The van der Waals surface area contributed by atoms with E-state index in [1.165, 1.54) is 6.42 Å². The molecular weight excluding hydrogens is 304 g/mol. The zero-order chi connectivity index (χ0) is 17.6. The van der Waals surface area contributed by atoms with Crippen LogP contribution in [0.3, 0.4) is 0 Å². The number of benzene rings is 1. The third kappa shape index (κ3) is 5.87. The summed E-state index contributed by atoms with van der Waals surface area (Å²) in [6.07, 6.45) is 4.73. The molecule has 2 rings (SSSR count). The second-order valence-electron chi connectivity index (χ2n) is 7.38. The van der Waals surface area contributed by atoms with E-state index in [4.69, 9.17) is 4.74 Å². The first-order valence-electron chi connectivity index (χ1n) is 8.70. The number of rotatable bonds is 4. The number of anilines is 1. The highest BCUT2D eigenvalue weighted by Gasteiger charge is 2.32. The molecule has 24 heavy (non-hydrogen) atoms. The van der Waals surface area contributed by atoms with Crippen LogP contribution >= 0.6 is 0 Å². The number of hydrogen-bond acceptors (Lipinski definition) is 3. The predicted octanol–water partition coefficient (Wildman–Crippen LogP) is 4.10. The molecular formula is C19H28N2O3. The molecule has 1 aliphatic carbocycles. The van der Waals surface area contributed by atoms with E-state index in [0.717, 1.165) is 31.4 Å². The van der Waals surface area contributed by atoms with Gasteiger partial charge in [0, 0.05) is 5.69 Å². The van der Waals surface area contributed by atoms with Crippen molar-refractivity contribution in [1.29, 1.82) is 0 Å². The Bertz CT molecular complexity index is 545. The Kier molecular flexibility index (Phi) is 6.23. The summed E-state index contributed by atoms with van der Waals surface area (Å²) < 4.78 is 5.33. The minimum Gasteiger partial charge on any atom is -0.444 e. The van der Waals surface area contributed by atoms with Crippen molar-refractivity contribution in [2.75, 3.05) is 5.32 Å². The summed E-state index contributed by atoms with van der Waals surface area (Å²) in [7, 11) is 0. The van der Waals surface area contributed by atoms with Crippen molar-refractivity contribution >= 4 is 17.7 Å². The summed E-state index contributed by atoms with van der Waals surface area (Å²) in [5.74, 6) is -0.0334. The van der Waals surface area contributed by atoms with E-state index in [1.807, 2.05) is 51.1 Å². The Morgan fingerprint density at radius 1 is 1.08 bits per heavy atom. The molecule has 2 N–H and O–H groups in total. The third-order valence-corrected chi connectivity index (χ3v) is 4.12. The van der Waals surface area contributed by atoms with Crippen LogP contribution in [0.15, 0.2) is 30.3 Å². The van der Waals surface area contributed by atoms with Gasteiger partial charge in [-0.15, -0.1) is 0 Å². The lowest BCUT2D eigenvalue weighted by atomic mass is 9.83. The molecule has 0 spiro atoms. The summed E-state index contributed by atoms with van der Waals surface area (Å²) in [6, 6.07) is 8.74. The first-order chi connectivity index (χ1) is 11.3. The molecule has 1 fully saturated rings. The zero-order valence-electron chi connectivity index (χ0n) is 14.8. The molecule has 0 bridgehead atoms. The fraction of sp³-hybridized carbons (Fsp3) is 0.579. The van der Waals surface area contributed by atoms with Gasteiger partial charge >= 0.3 is 6.09 Å². The van der Waals surface area contributed by atoms with Crippen LogP contribution < -0.4 is 10.6 Å². The number of para-hydroxylation sites is 1. The minimum absolute atomic E-state index is 0.148. The highest BCUT2D eigenvalue weighted by atomic mass is 16.6. The molecule has 5 heteroatoms.